The van der Waals surface area contributed by atoms with Crippen molar-refractivity contribution < 1.29 is 19.7 Å². The summed E-state index contributed by atoms with van der Waals surface area (Å²) in [5, 5.41) is 20.0. The van der Waals surface area contributed by atoms with Crippen molar-refractivity contribution in [2.24, 2.45) is 5.41 Å². The van der Waals surface area contributed by atoms with Crippen LogP contribution in [-0.4, -0.2) is 71.3 Å². The van der Waals surface area contributed by atoms with Gasteiger partial charge in [-0.3, -0.25) is 0 Å². The lowest BCUT2D eigenvalue weighted by atomic mass is 9.96. The number of aliphatic hydroxyl groups excluding tert-OH is 2. The van der Waals surface area contributed by atoms with E-state index in [0.29, 0.717) is 23.9 Å². The van der Waals surface area contributed by atoms with Crippen LogP contribution in [0.25, 0.3) is 0 Å². The Morgan fingerprint density at radius 1 is 0.895 bits per heavy atom. The van der Waals surface area contributed by atoms with Gasteiger partial charge in [-0.25, -0.2) is 0 Å². The van der Waals surface area contributed by atoms with E-state index in [2.05, 4.69) is 31.9 Å². The Hall–Kier alpha value is 1.38. The number of halogens is 4. The fourth-order valence-electron chi connectivity index (χ4n) is 1.14. The van der Waals surface area contributed by atoms with Crippen LogP contribution in [0.1, 0.15) is 0 Å². The first-order valence-electron chi connectivity index (χ1n) is 5.79. The minimum absolute atomic E-state index is 0.147. The SMILES string of the molecule is OC(CCl)COCC(CBr)(CBr)COCC(O)CCl. The largest absolute Gasteiger partial charge is 0.389 e. The molecule has 0 amide bonds. The molecular formula is C11H20Br2Cl2O4. The Morgan fingerprint density at radius 2 is 1.26 bits per heavy atom. The molecule has 0 radical (unpaired) electrons. The highest BCUT2D eigenvalue weighted by atomic mass is 79.9. The summed E-state index contributed by atoms with van der Waals surface area (Å²) in [6, 6.07) is 0. The zero-order valence-corrected chi connectivity index (χ0v) is 15.2. The maximum absolute atomic E-state index is 9.32. The second kappa shape index (κ2) is 12.0. The molecule has 0 spiro atoms. The molecule has 2 N–H and O–H groups in total. The summed E-state index contributed by atoms with van der Waals surface area (Å²) >= 11 is 17.9. The number of aliphatic hydroxyl groups is 2. The van der Waals surface area contributed by atoms with Crippen LogP contribution >= 0.6 is 55.1 Å². The molecule has 0 aliphatic rings. The van der Waals surface area contributed by atoms with E-state index in [4.69, 9.17) is 32.7 Å². The zero-order chi connectivity index (χ0) is 14.7. The van der Waals surface area contributed by atoms with E-state index in [1.165, 1.54) is 0 Å². The molecule has 0 saturated carbocycles. The number of alkyl halides is 4. The lowest BCUT2D eigenvalue weighted by molar-refractivity contribution is -0.0354. The van der Waals surface area contributed by atoms with Crippen LogP contribution in [0.2, 0.25) is 0 Å². The molecule has 0 bridgehead atoms. The van der Waals surface area contributed by atoms with Crippen LogP contribution in [0, 0.1) is 5.41 Å². The predicted octanol–water partition coefficient (Wildman–Crippen LogP) is 2.00. The molecule has 0 aromatic rings. The molecule has 0 aliphatic carbocycles. The normalized spacial score (nSPS) is 15.5. The molecule has 0 aromatic carbocycles. The topological polar surface area (TPSA) is 58.9 Å². The van der Waals surface area contributed by atoms with Gasteiger partial charge in [0, 0.05) is 16.1 Å². The highest BCUT2D eigenvalue weighted by Gasteiger charge is 2.29. The van der Waals surface area contributed by atoms with Gasteiger partial charge >= 0.3 is 0 Å². The molecule has 2 unspecified atom stereocenters. The van der Waals surface area contributed by atoms with Crippen LogP contribution in [0.4, 0.5) is 0 Å². The third-order valence-corrected chi connectivity index (χ3v) is 5.45. The molecule has 19 heavy (non-hydrogen) atoms. The zero-order valence-electron chi connectivity index (χ0n) is 10.5. The molecule has 0 saturated heterocycles. The van der Waals surface area contributed by atoms with E-state index < -0.39 is 12.2 Å². The van der Waals surface area contributed by atoms with E-state index >= 15 is 0 Å². The summed E-state index contributed by atoms with van der Waals surface area (Å²) in [7, 11) is 0. The first-order chi connectivity index (χ1) is 9.03. The van der Waals surface area contributed by atoms with Crippen LogP contribution in [0.3, 0.4) is 0 Å². The van der Waals surface area contributed by atoms with E-state index in [0.717, 1.165) is 0 Å². The second-order valence-electron chi connectivity index (χ2n) is 4.41. The van der Waals surface area contributed by atoms with E-state index in [-0.39, 0.29) is 30.4 Å². The Balaban J connectivity index is 4.10. The summed E-state index contributed by atoms with van der Waals surface area (Å²) in [6.45, 7) is 1.20. The molecule has 0 rings (SSSR count). The standard InChI is InChI=1S/C11H20Br2Cl2O4/c12-5-11(6-13,7-18-3-9(16)1-14)8-19-4-10(17)2-15/h9-10,16-17H,1-8H2. The van der Waals surface area contributed by atoms with E-state index in [1.54, 1.807) is 0 Å². The lowest BCUT2D eigenvalue weighted by Crippen LogP contribution is -2.38. The predicted molar refractivity (Wildman–Crippen MR) is 85.1 cm³/mol. The Kier molecular flexibility index (Phi) is 12.8. The number of hydrogen-bond acceptors (Lipinski definition) is 4. The average Bonchev–Trinajstić information content (AvgIpc) is 2.45. The van der Waals surface area contributed by atoms with Gasteiger partial charge in [-0.15, -0.1) is 23.2 Å². The van der Waals surface area contributed by atoms with Gasteiger partial charge in [0.05, 0.1) is 50.4 Å². The third-order valence-electron chi connectivity index (χ3n) is 2.36. The van der Waals surface area contributed by atoms with Crippen molar-refractivity contribution in [1.29, 1.82) is 0 Å². The molecule has 8 heteroatoms. The first kappa shape index (κ1) is 20.4. The van der Waals surface area contributed by atoms with Crippen molar-refractivity contribution in [2.75, 3.05) is 48.8 Å². The monoisotopic (exact) mass is 444 g/mol. The van der Waals surface area contributed by atoms with Crippen molar-refractivity contribution in [3.05, 3.63) is 0 Å². The molecule has 2 atom stereocenters. The van der Waals surface area contributed by atoms with Crippen LogP contribution in [0.15, 0.2) is 0 Å². The van der Waals surface area contributed by atoms with Crippen LogP contribution < -0.4 is 0 Å². The summed E-state index contributed by atoms with van der Waals surface area (Å²) < 4.78 is 10.9. The Bertz CT molecular complexity index is 203. The number of rotatable bonds is 12. The second-order valence-corrected chi connectivity index (χ2v) is 6.15. The maximum Gasteiger partial charge on any atom is 0.0908 e. The van der Waals surface area contributed by atoms with Gasteiger partial charge in [0.25, 0.3) is 0 Å². The molecule has 0 fully saturated rings. The van der Waals surface area contributed by atoms with Gasteiger partial charge in [-0.2, -0.15) is 0 Å². The molecular weight excluding hydrogens is 427 g/mol. The maximum atomic E-state index is 9.32. The average molecular weight is 447 g/mol. The number of hydrogen-bond donors (Lipinski definition) is 2. The van der Waals surface area contributed by atoms with Gasteiger partial charge in [0.1, 0.15) is 0 Å². The fraction of sp³-hybridized carbons (Fsp3) is 1.00. The van der Waals surface area contributed by atoms with Gasteiger partial charge in [0.2, 0.25) is 0 Å². The van der Waals surface area contributed by atoms with Gasteiger partial charge in [0.15, 0.2) is 0 Å². The fourth-order valence-corrected chi connectivity index (χ4v) is 2.90. The summed E-state index contributed by atoms with van der Waals surface area (Å²) in [5.41, 5.74) is -0.266. The third kappa shape index (κ3) is 9.09. The molecule has 116 valence electrons. The van der Waals surface area contributed by atoms with Crippen molar-refractivity contribution in [1.82, 2.24) is 0 Å². The minimum atomic E-state index is -0.663. The van der Waals surface area contributed by atoms with Crippen LogP contribution in [0.5, 0.6) is 0 Å². The minimum Gasteiger partial charge on any atom is -0.389 e. The van der Waals surface area contributed by atoms with E-state index in [1.807, 2.05) is 0 Å². The lowest BCUT2D eigenvalue weighted by Gasteiger charge is -2.30. The molecule has 0 heterocycles. The Labute approximate surface area is 141 Å². The smallest absolute Gasteiger partial charge is 0.0908 e. The molecule has 0 aliphatic heterocycles. The highest BCUT2D eigenvalue weighted by Crippen LogP contribution is 2.24. The summed E-state index contributed by atoms with van der Waals surface area (Å²) in [5.74, 6) is 0.294. The molecule has 0 aromatic heterocycles. The quantitative estimate of drug-likeness (QED) is 0.450. The van der Waals surface area contributed by atoms with Crippen molar-refractivity contribution in [2.45, 2.75) is 12.2 Å². The van der Waals surface area contributed by atoms with Crippen LogP contribution in [-0.2, 0) is 9.47 Å². The van der Waals surface area contributed by atoms with Gasteiger partial charge < -0.3 is 19.7 Å². The van der Waals surface area contributed by atoms with Gasteiger partial charge in [-0.1, -0.05) is 31.9 Å². The van der Waals surface area contributed by atoms with Gasteiger partial charge in [-0.05, 0) is 0 Å². The van der Waals surface area contributed by atoms with Crippen molar-refractivity contribution >= 4 is 55.1 Å². The first-order valence-corrected chi connectivity index (χ1v) is 9.10. The number of ether oxygens (including phenoxy) is 2. The summed E-state index contributed by atoms with van der Waals surface area (Å²) in [4.78, 5) is 0. The van der Waals surface area contributed by atoms with Crippen molar-refractivity contribution in [3.63, 3.8) is 0 Å². The summed E-state index contributed by atoms with van der Waals surface area (Å²) in [6.07, 6.45) is -1.33. The van der Waals surface area contributed by atoms with Crippen molar-refractivity contribution in [3.8, 4) is 0 Å². The van der Waals surface area contributed by atoms with E-state index in [9.17, 15) is 10.2 Å². The Morgan fingerprint density at radius 3 is 1.53 bits per heavy atom. The molecule has 4 nitrogen and oxygen atoms in total. The highest BCUT2D eigenvalue weighted by molar-refractivity contribution is 9.09.